The first kappa shape index (κ1) is 23.3. The number of anilines is 2. The quantitative estimate of drug-likeness (QED) is 0.431. The number of nitrogens with zero attached hydrogens (tertiary/aromatic N) is 1. The largest absolute Gasteiger partial charge is 0.323 e. The Balaban J connectivity index is 1.68. The van der Waals surface area contributed by atoms with Gasteiger partial charge in [-0.25, -0.2) is 18.5 Å². The van der Waals surface area contributed by atoms with Crippen LogP contribution in [-0.2, 0) is 19.6 Å². The molecule has 3 aromatic rings. The number of hydrogen-bond donors (Lipinski definition) is 3. The van der Waals surface area contributed by atoms with Crippen molar-refractivity contribution in [2.24, 2.45) is 5.14 Å². The molecule has 0 aliphatic heterocycles. The number of halogens is 1. The second-order valence-electron chi connectivity index (χ2n) is 6.75. The van der Waals surface area contributed by atoms with E-state index in [0.717, 1.165) is 4.47 Å². The molecule has 0 bridgehead atoms. The highest BCUT2D eigenvalue weighted by molar-refractivity contribution is 9.10. The van der Waals surface area contributed by atoms with Gasteiger partial charge in [0.05, 0.1) is 4.90 Å². The van der Waals surface area contributed by atoms with Crippen molar-refractivity contribution < 1.29 is 18.0 Å². The Kier molecular flexibility index (Phi) is 7.18. The maximum Gasteiger partial charge on any atom is 0.252 e. The summed E-state index contributed by atoms with van der Waals surface area (Å²) >= 11 is 3.26. The Morgan fingerprint density at radius 1 is 1.00 bits per heavy atom. The standard InChI is InChI=1S/C22H19BrN4O4S/c1-14(22(29)27-20-11-8-16(23)13-25-20)12-21(28)26-17-9-6-15(7-10-17)18-4-2-3-5-19(18)32(24,30)31/h2-13H,1H3,(H,26,28)(H2,24,30,31)(H,25,27,29)/b14-12+. The van der Waals surface area contributed by atoms with E-state index in [4.69, 9.17) is 5.14 Å². The third-order valence-electron chi connectivity index (χ3n) is 4.33. The van der Waals surface area contributed by atoms with E-state index in [-0.39, 0.29) is 10.5 Å². The molecule has 1 heterocycles. The molecule has 8 nitrogen and oxygen atoms in total. The van der Waals surface area contributed by atoms with Crippen molar-refractivity contribution in [3.8, 4) is 11.1 Å². The lowest BCUT2D eigenvalue weighted by atomic mass is 10.1. The maximum absolute atomic E-state index is 12.3. The molecule has 164 valence electrons. The summed E-state index contributed by atoms with van der Waals surface area (Å²) in [6.07, 6.45) is 2.73. The van der Waals surface area contributed by atoms with Crippen molar-refractivity contribution in [1.82, 2.24) is 4.98 Å². The molecule has 32 heavy (non-hydrogen) atoms. The summed E-state index contributed by atoms with van der Waals surface area (Å²) in [7, 11) is -3.88. The molecule has 0 fully saturated rings. The van der Waals surface area contributed by atoms with Crippen LogP contribution in [0.15, 0.2) is 87.9 Å². The number of carbonyl (C=O) groups is 2. The van der Waals surface area contributed by atoms with Crippen molar-refractivity contribution in [2.45, 2.75) is 11.8 Å². The van der Waals surface area contributed by atoms with Crippen LogP contribution in [0.25, 0.3) is 11.1 Å². The molecule has 3 rings (SSSR count). The summed E-state index contributed by atoms with van der Waals surface area (Å²) in [6.45, 7) is 1.51. The first-order chi connectivity index (χ1) is 15.1. The summed E-state index contributed by atoms with van der Waals surface area (Å²) < 4.78 is 24.4. The fourth-order valence-corrected chi connectivity index (χ4v) is 3.79. The number of rotatable bonds is 6. The van der Waals surface area contributed by atoms with Gasteiger partial charge in [0.1, 0.15) is 5.82 Å². The average Bonchev–Trinajstić information content (AvgIpc) is 2.75. The molecular formula is C22H19BrN4O4S. The second kappa shape index (κ2) is 9.86. The van der Waals surface area contributed by atoms with Crippen molar-refractivity contribution in [2.75, 3.05) is 10.6 Å². The fourth-order valence-electron chi connectivity index (χ4n) is 2.79. The van der Waals surface area contributed by atoms with Crippen molar-refractivity contribution in [3.63, 3.8) is 0 Å². The number of benzene rings is 2. The van der Waals surface area contributed by atoms with E-state index >= 15 is 0 Å². The van der Waals surface area contributed by atoms with E-state index in [1.807, 2.05) is 0 Å². The van der Waals surface area contributed by atoms with Gasteiger partial charge >= 0.3 is 0 Å². The molecule has 1 aromatic heterocycles. The number of hydrogen-bond acceptors (Lipinski definition) is 5. The lowest BCUT2D eigenvalue weighted by molar-refractivity contribution is -0.114. The predicted octanol–water partition coefficient (Wildman–Crippen LogP) is 3.68. The van der Waals surface area contributed by atoms with E-state index in [1.165, 1.54) is 19.1 Å². The van der Waals surface area contributed by atoms with E-state index in [9.17, 15) is 18.0 Å². The van der Waals surface area contributed by atoms with Crippen LogP contribution in [0.4, 0.5) is 11.5 Å². The summed E-state index contributed by atoms with van der Waals surface area (Å²) in [4.78, 5) is 28.6. The first-order valence-corrected chi connectivity index (χ1v) is 11.6. The summed E-state index contributed by atoms with van der Waals surface area (Å²) in [5.74, 6) is -0.578. The van der Waals surface area contributed by atoms with Gasteiger partial charge in [-0.1, -0.05) is 30.3 Å². The van der Waals surface area contributed by atoms with Gasteiger partial charge in [-0.05, 0) is 58.7 Å². The Morgan fingerprint density at radius 2 is 1.69 bits per heavy atom. The van der Waals surface area contributed by atoms with Crippen LogP contribution in [0.3, 0.4) is 0 Å². The topological polar surface area (TPSA) is 131 Å². The van der Waals surface area contributed by atoms with Crippen LogP contribution in [0.1, 0.15) is 6.92 Å². The Bertz CT molecular complexity index is 1290. The minimum absolute atomic E-state index is 0.0154. The van der Waals surface area contributed by atoms with E-state index in [0.29, 0.717) is 22.6 Å². The minimum Gasteiger partial charge on any atom is -0.323 e. The molecule has 0 aliphatic rings. The van der Waals surface area contributed by atoms with Gasteiger partial charge in [-0.15, -0.1) is 0 Å². The zero-order valence-corrected chi connectivity index (χ0v) is 19.3. The molecule has 0 saturated heterocycles. The van der Waals surface area contributed by atoms with Gasteiger partial charge in [0.25, 0.3) is 5.91 Å². The van der Waals surface area contributed by atoms with Crippen LogP contribution < -0.4 is 15.8 Å². The third kappa shape index (κ3) is 6.10. The molecule has 10 heteroatoms. The van der Waals surface area contributed by atoms with Crippen LogP contribution in [0, 0.1) is 0 Å². The smallest absolute Gasteiger partial charge is 0.252 e. The normalized spacial score (nSPS) is 11.7. The highest BCUT2D eigenvalue weighted by Crippen LogP contribution is 2.27. The lowest BCUT2D eigenvalue weighted by Gasteiger charge is -2.09. The number of carbonyl (C=O) groups excluding carboxylic acids is 2. The highest BCUT2D eigenvalue weighted by Gasteiger charge is 2.14. The highest BCUT2D eigenvalue weighted by atomic mass is 79.9. The molecule has 0 saturated carbocycles. The summed E-state index contributed by atoms with van der Waals surface area (Å²) in [6, 6.07) is 16.3. The summed E-state index contributed by atoms with van der Waals surface area (Å²) in [5.41, 5.74) is 1.76. The van der Waals surface area contributed by atoms with E-state index in [2.05, 4.69) is 31.5 Å². The molecule has 0 spiro atoms. The first-order valence-electron chi connectivity index (χ1n) is 9.28. The number of aromatic nitrogens is 1. The van der Waals surface area contributed by atoms with E-state index in [1.54, 1.807) is 60.8 Å². The van der Waals surface area contributed by atoms with Crippen LogP contribution in [0.5, 0.6) is 0 Å². The average molecular weight is 515 g/mol. The number of primary sulfonamides is 1. The monoisotopic (exact) mass is 514 g/mol. The molecule has 2 amide bonds. The lowest BCUT2D eigenvalue weighted by Crippen LogP contribution is -2.16. The third-order valence-corrected chi connectivity index (χ3v) is 5.77. The molecule has 2 aromatic carbocycles. The van der Waals surface area contributed by atoms with Crippen LogP contribution in [-0.4, -0.2) is 25.2 Å². The number of nitrogens with two attached hydrogens (primary N) is 1. The number of sulfonamides is 1. The van der Waals surface area contributed by atoms with Crippen molar-refractivity contribution in [3.05, 3.63) is 83.0 Å². The van der Waals surface area contributed by atoms with E-state index < -0.39 is 21.8 Å². The summed E-state index contributed by atoms with van der Waals surface area (Å²) in [5, 5.41) is 10.6. The molecule has 0 radical (unpaired) electrons. The van der Waals surface area contributed by atoms with Crippen LogP contribution >= 0.6 is 15.9 Å². The van der Waals surface area contributed by atoms with Crippen molar-refractivity contribution in [1.29, 1.82) is 0 Å². The van der Waals surface area contributed by atoms with Gasteiger partial charge in [0.2, 0.25) is 15.9 Å². The molecule has 0 atom stereocenters. The zero-order chi connectivity index (χ0) is 23.3. The fraction of sp³-hybridized carbons (Fsp3) is 0.0455. The maximum atomic E-state index is 12.3. The molecular weight excluding hydrogens is 496 g/mol. The number of nitrogens with one attached hydrogen (secondary N) is 2. The second-order valence-corrected chi connectivity index (χ2v) is 9.20. The van der Waals surface area contributed by atoms with Gasteiger partial charge in [-0.2, -0.15) is 0 Å². The number of pyridine rings is 1. The van der Waals surface area contributed by atoms with Crippen LogP contribution in [0.2, 0.25) is 0 Å². The molecule has 4 N–H and O–H groups in total. The zero-order valence-electron chi connectivity index (χ0n) is 16.9. The predicted molar refractivity (Wildman–Crippen MR) is 126 cm³/mol. The Labute approximate surface area is 193 Å². The van der Waals surface area contributed by atoms with Gasteiger partial charge < -0.3 is 10.6 Å². The Hall–Kier alpha value is -3.34. The van der Waals surface area contributed by atoms with Gasteiger partial charge in [0, 0.05) is 33.6 Å². The van der Waals surface area contributed by atoms with Gasteiger partial charge in [-0.3, -0.25) is 9.59 Å². The molecule has 0 aliphatic carbocycles. The SMILES string of the molecule is C/C(=C\C(=O)Nc1ccc(-c2ccccc2S(N)(=O)=O)cc1)C(=O)Nc1ccc(Br)cn1. The van der Waals surface area contributed by atoms with Gasteiger partial charge in [0.15, 0.2) is 0 Å². The molecule has 0 unspecified atom stereocenters. The Morgan fingerprint density at radius 3 is 2.31 bits per heavy atom. The number of amides is 2. The minimum atomic E-state index is -3.88. The van der Waals surface area contributed by atoms with Crippen molar-refractivity contribution >= 4 is 49.3 Å².